The van der Waals surface area contributed by atoms with Gasteiger partial charge in [0.15, 0.2) is 0 Å². The Kier molecular flexibility index (Phi) is 2.96. The van der Waals surface area contributed by atoms with Crippen LogP contribution in [0.3, 0.4) is 0 Å². The van der Waals surface area contributed by atoms with Crippen LogP contribution < -0.4 is 10.6 Å². The predicted molar refractivity (Wildman–Crippen MR) is 58.7 cm³/mol. The first-order chi connectivity index (χ1) is 6.16. The Morgan fingerprint density at radius 1 is 1.46 bits per heavy atom. The number of para-hydroxylation sites is 2. The topological polar surface area (TPSA) is 29.3 Å². The first-order valence-corrected chi connectivity index (χ1v) is 4.42. The number of hydrogen-bond donors (Lipinski definition) is 1. The minimum Gasteiger partial charge on any atom is -0.397 e. The van der Waals surface area contributed by atoms with E-state index in [0.717, 1.165) is 23.5 Å². The van der Waals surface area contributed by atoms with E-state index in [9.17, 15) is 0 Å². The highest BCUT2D eigenvalue weighted by atomic mass is 15.1. The fourth-order valence-electron chi connectivity index (χ4n) is 1.20. The van der Waals surface area contributed by atoms with Crippen LogP contribution in [-0.2, 0) is 0 Å². The fraction of sp³-hybridized carbons (Fsp3) is 0.273. The van der Waals surface area contributed by atoms with Gasteiger partial charge in [-0.3, -0.25) is 0 Å². The molecule has 1 aromatic carbocycles. The standard InChI is InChI=1S/C11H16N2/c1-4-9(2)13(3)11-8-6-5-7-10(11)12/h5-8H,2,4,12H2,1,3H3. The smallest absolute Gasteiger partial charge is 0.0639 e. The molecule has 2 heteroatoms. The van der Waals surface area contributed by atoms with Gasteiger partial charge in [-0.25, -0.2) is 0 Å². The molecule has 0 fully saturated rings. The van der Waals surface area contributed by atoms with E-state index < -0.39 is 0 Å². The Balaban J connectivity index is 2.95. The summed E-state index contributed by atoms with van der Waals surface area (Å²) in [5.74, 6) is 0. The maximum atomic E-state index is 5.83. The van der Waals surface area contributed by atoms with Crippen molar-refractivity contribution in [1.82, 2.24) is 0 Å². The molecule has 0 aliphatic carbocycles. The summed E-state index contributed by atoms with van der Waals surface area (Å²) in [5.41, 5.74) is 8.71. The van der Waals surface area contributed by atoms with Crippen molar-refractivity contribution < 1.29 is 0 Å². The molecule has 70 valence electrons. The van der Waals surface area contributed by atoms with Crippen molar-refractivity contribution in [2.24, 2.45) is 0 Å². The molecule has 0 spiro atoms. The third-order valence-corrected chi connectivity index (χ3v) is 2.18. The van der Waals surface area contributed by atoms with E-state index in [1.165, 1.54) is 0 Å². The molecule has 0 amide bonds. The lowest BCUT2D eigenvalue weighted by atomic mass is 10.2. The van der Waals surface area contributed by atoms with Crippen molar-refractivity contribution in [3.8, 4) is 0 Å². The molecular formula is C11H16N2. The molecule has 0 unspecified atom stereocenters. The normalized spacial score (nSPS) is 9.69. The highest BCUT2D eigenvalue weighted by molar-refractivity contribution is 5.69. The van der Waals surface area contributed by atoms with Gasteiger partial charge in [-0.15, -0.1) is 0 Å². The van der Waals surface area contributed by atoms with Crippen LogP contribution in [0.1, 0.15) is 13.3 Å². The zero-order valence-electron chi connectivity index (χ0n) is 8.25. The van der Waals surface area contributed by atoms with E-state index in [-0.39, 0.29) is 0 Å². The summed E-state index contributed by atoms with van der Waals surface area (Å²) in [4.78, 5) is 2.02. The number of nitrogens with zero attached hydrogens (tertiary/aromatic N) is 1. The third-order valence-electron chi connectivity index (χ3n) is 2.18. The molecule has 0 radical (unpaired) electrons. The van der Waals surface area contributed by atoms with E-state index in [4.69, 9.17) is 5.73 Å². The van der Waals surface area contributed by atoms with Gasteiger partial charge in [0, 0.05) is 12.7 Å². The highest BCUT2D eigenvalue weighted by Gasteiger charge is 2.05. The first kappa shape index (κ1) is 9.65. The molecule has 0 heterocycles. The molecule has 0 saturated heterocycles. The van der Waals surface area contributed by atoms with Crippen LogP contribution in [-0.4, -0.2) is 7.05 Å². The number of nitrogen functional groups attached to an aromatic ring is 1. The average Bonchev–Trinajstić information content (AvgIpc) is 2.16. The van der Waals surface area contributed by atoms with Crippen molar-refractivity contribution in [1.29, 1.82) is 0 Å². The summed E-state index contributed by atoms with van der Waals surface area (Å²) in [7, 11) is 1.98. The van der Waals surface area contributed by atoms with Gasteiger partial charge in [0.05, 0.1) is 11.4 Å². The molecular weight excluding hydrogens is 160 g/mol. The van der Waals surface area contributed by atoms with E-state index in [2.05, 4.69) is 13.5 Å². The van der Waals surface area contributed by atoms with Crippen LogP contribution in [0.5, 0.6) is 0 Å². The Hall–Kier alpha value is -1.44. The number of allylic oxidation sites excluding steroid dienone is 1. The Morgan fingerprint density at radius 2 is 2.08 bits per heavy atom. The third kappa shape index (κ3) is 2.02. The van der Waals surface area contributed by atoms with Crippen molar-refractivity contribution >= 4 is 11.4 Å². The summed E-state index contributed by atoms with van der Waals surface area (Å²) >= 11 is 0. The number of anilines is 2. The van der Waals surface area contributed by atoms with Gasteiger partial charge >= 0.3 is 0 Å². The van der Waals surface area contributed by atoms with E-state index >= 15 is 0 Å². The Bertz CT molecular complexity index is 305. The van der Waals surface area contributed by atoms with E-state index in [0.29, 0.717) is 0 Å². The molecule has 2 nitrogen and oxygen atoms in total. The molecule has 0 aliphatic rings. The largest absolute Gasteiger partial charge is 0.397 e. The number of rotatable bonds is 3. The first-order valence-electron chi connectivity index (χ1n) is 4.42. The quantitative estimate of drug-likeness (QED) is 0.717. The van der Waals surface area contributed by atoms with Crippen molar-refractivity contribution in [2.75, 3.05) is 17.7 Å². The second kappa shape index (κ2) is 3.99. The van der Waals surface area contributed by atoms with Crippen LogP contribution in [0.4, 0.5) is 11.4 Å². The molecule has 2 N–H and O–H groups in total. The lowest BCUT2D eigenvalue weighted by Gasteiger charge is -2.22. The van der Waals surface area contributed by atoms with Crippen LogP contribution in [0.15, 0.2) is 36.5 Å². The maximum Gasteiger partial charge on any atom is 0.0639 e. The second-order valence-corrected chi connectivity index (χ2v) is 3.04. The van der Waals surface area contributed by atoms with Gasteiger partial charge in [-0.1, -0.05) is 25.6 Å². The average molecular weight is 176 g/mol. The molecule has 0 aromatic heterocycles. The van der Waals surface area contributed by atoms with Crippen LogP contribution in [0.2, 0.25) is 0 Å². The summed E-state index contributed by atoms with van der Waals surface area (Å²) in [6, 6.07) is 7.80. The summed E-state index contributed by atoms with van der Waals surface area (Å²) in [6.07, 6.45) is 0.935. The lowest BCUT2D eigenvalue weighted by Crippen LogP contribution is -2.16. The van der Waals surface area contributed by atoms with Crippen LogP contribution >= 0.6 is 0 Å². The number of nitrogens with two attached hydrogens (primary N) is 1. The summed E-state index contributed by atoms with van der Waals surface area (Å²) in [5, 5.41) is 0. The maximum absolute atomic E-state index is 5.83. The second-order valence-electron chi connectivity index (χ2n) is 3.04. The van der Waals surface area contributed by atoms with Gasteiger partial charge in [0.1, 0.15) is 0 Å². The summed E-state index contributed by atoms with van der Waals surface area (Å²) in [6.45, 7) is 6.04. The van der Waals surface area contributed by atoms with Gasteiger partial charge < -0.3 is 10.6 Å². The van der Waals surface area contributed by atoms with Crippen molar-refractivity contribution in [2.45, 2.75) is 13.3 Å². The minimum atomic E-state index is 0.791. The molecule has 1 aromatic rings. The number of hydrogen-bond acceptors (Lipinski definition) is 2. The SMILES string of the molecule is C=C(CC)N(C)c1ccccc1N. The Labute approximate surface area is 79.7 Å². The van der Waals surface area contributed by atoms with Gasteiger partial charge in [-0.05, 0) is 18.6 Å². The lowest BCUT2D eigenvalue weighted by molar-refractivity contribution is 0.986. The molecule has 0 aliphatic heterocycles. The zero-order valence-corrected chi connectivity index (χ0v) is 8.25. The fourth-order valence-corrected chi connectivity index (χ4v) is 1.20. The van der Waals surface area contributed by atoms with Crippen molar-refractivity contribution in [3.63, 3.8) is 0 Å². The highest BCUT2D eigenvalue weighted by Crippen LogP contribution is 2.24. The Morgan fingerprint density at radius 3 is 2.62 bits per heavy atom. The molecule has 0 atom stereocenters. The van der Waals surface area contributed by atoms with Gasteiger partial charge in [0.2, 0.25) is 0 Å². The van der Waals surface area contributed by atoms with E-state index in [1.807, 2.05) is 36.2 Å². The molecule has 0 bridgehead atoms. The minimum absolute atomic E-state index is 0.791. The molecule has 13 heavy (non-hydrogen) atoms. The van der Waals surface area contributed by atoms with Gasteiger partial charge in [0.25, 0.3) is 0 Å². The van der Waals surface area contributed by atoms with Crippen LogP contribution in [0.25, 0.3) is 0 Å². The molecule has 0 saturated carbocycles. The zero-order chi connectivity index (χ0) is 9.84. The van der Waals surface area contributed by atoms with E-state index in [1.54, 1.807) is 0 Å². The predicted octanol–water partition coefficient (Wildman–Crippen LogP) is 2.63. The van der Waals surface area contributed by atoms with Crippen LogP contribution in [0, 0.1) is 0 Å². The van der Waals surface area contributed by atoms with Gasteiger partial charge in [-0.2, -0.15) is 0 Å². The molecule has 1 rings (SSSR count). The number of benzene rings is 1. The monoisotopic (exact) mass is 176 g/mol. The summed E-state index contributed by atoms with van der Waals surface area (Å²) < 4.78 is 0. The van der Waals surface area contributed by atoms with Crippen molar-refractivity contribution in [3.05, 3.63) is 36.5 Å².